The van der Waals surface area contributed by atoms with Gasteiger partial charge in [-0.15, -0.1) is 11.3 Å². The summed E-state index contributed by atoms with van der Waals surface area (Å²) in [6, 6.07) is 18.3. The molecule has 252 valence electrons. The maximum absolute atomic E-state index is 14.2. The summed E-state index contributed by atoms with van der Waals surface area (Å²) in [5.41, 5.74) is 1.70. The lowest BCUT2D eigenvalue weighted by Crippen LogP contribution is -2.61. The summed E-state index contributed by atoms with van der Waals surface area (Å²) in [4.78, 5) is 40.4. The minimum absolute atomic E-state index is 0.162. The maximum atomic E-state index is 14.2. The van der Waals surface area contributed by atoms with Gasteiger partial charge in [-0.3, -0.25) is 25.0 Å². The van der Waals surface area contributed by atoms with E-state index in [2.05, 4.69) is 21.3 Å². The second-order valence-corrected chi connectivity index (χ2v) is 13.7. The number of amides is 3. The van der Waals surface area contributed by atoms with Crippen molar-refractivity contribution in [3.05, 3.63) is 98.1 Å². The van der Waals surface area contributed by atoms with Gasteiger partial charge in [0.25, 0.3) is 5.91 Å². The van der Waals surface area contributed by atoms with Crippen LogP contribution in [0.15, 0.2) is 66.7 Å². The third-order valence-corrected chi connectivity index (χ3v) is 9.99. The minimum Gasteiger partial charge on any atom is -0.491 e. The van der Waals surface area contributed by atoms with E-state index >= 15 is 0 Å². The van der Waals surface area contributed by atoms with Crippen molar-refractivity contribution < 1.29 is 23.5 Å². The Kier molecular flexibility index (Phi) is 12.1. The van der Waals surface area contributed by atoms with E-state index in [1.165, 1.54) is 19.1 Å². The second-order valence-electron chi connectivity index (χ2n) is 11.4. The largest absolute Gasteiger partial charge is 0.491 e. The van der Waals surface area contributed by atoms with Crippen LogP contribution in [0.25, 0.3) is 21.6 Å². The normalized spacial score (nSPS) is 13.9. The molecule has 0 atom stereocenters. The molecule has 0 bridgehead atoms. The van der Waals surface area contributed by atoms with Crippen LogP contribution in [0.2, 0.25) is 15.1 Å². The van der Waals surface area contributed by atoms with Crippen LogP contribution in [-0.2, 0) is 16.1 Å². The van der Waals surface area contributed by atoms with Crippen molar-refractivity contribution in [2.24, 2.45) is 0 Å². The molecule has 0 radical (unpaired) electrons. The Labute approximate surface area is 297 Å². The van der Waals surface area contributed by atoms with Gasteiger partial charge in [-0.1, -0.05) is 65.1 Å². The number of carbonyl (C=O) groups is 3. The van der Waals surface area contributed by atoms with Gasteiger partial charge in [0, 0.05) is 46.1 Å². The molecule has 13 heteroatoms. The van der Waals surface area contributed by atoms with Gasteiger partial charge < -0.3 is 15.4 Å². The van der Waals surface area contributed by atoms with E-state index in [1.54, 1.807) is 42.5 Å². The highest BCUT2D eigenvalue weighted by Crippen LogP contribution is 2.50. The predicted molar refractivity (Wildman–Crippen MR) is 190 cm³/mol. The van der Waals surface area contributed by atoms with Crippen LogP contribution in [0.4, 0.5) is 4.39 Å². The lowest BCUT2D eigenvalue weighted by molar-refractivity contribution is -0.128. The Bertz CT molecular complexity index is 1780. The summed E-state index contributed by atoms with van der Waals surface area (Å²) >= 11 is 20.3. The first-order valence-electron chi connectivity index (χ1n) is 15.4. The van der Waals surface area contributed by atoms with Gasteiger partial charge in [-0.05, 0) is 79.9 Å². The molecule has 8 nitrogen and oxygen atoms in total. The quantitative estimate of drug-likeness (QED) is 0.0904. The molecule has 3 aromatic carbocycles. The standard InChI is InChI=1S/C35H34Cl3FN4O4S/c1-21(44)41-15-2-18-47-30-29(23-5-7-24(36)8-6-23)31(27-12-9-25(37)19-28(27)38)48-32(30)33(45)43-34(46)35(13-16-40-17-14-35)42-20-22-3-10-26(39)11-4-22/h3-12,19,40,42H,2,13-18,20H2,1H3,(H,41,44)(H,43,45,46). The predicted octanol–water partition coefficient (Wildman–Crippen LogP) is 7.25. The number of carbonyl (C=O) groups excluding carboxylic acids is 3. The molecular formula is C35H34Cl3FN4O4S. The lowest BCUT2D eigenvalue weighted by Gasteiger charge is -2.37. The molecule has 1 fully saturated rings. The third kappa shape index (κ3) is 8.74. The molecule has 48 heavy (non-hydrogen) atoms. The molecule has 2 heterocycles. The SMILES string of the molecule is CC(=O)NCCCOc1c(C(=O)NC(=O)C2(NCc3ccc(F)cc3)CCNCC2)sc(-c2ccc(Cl)cc2Cl)c1-c1ccc(Cl)cc1. The highest BCUT2D eigenvalue weighted by molar-refractivity contribution is 7.18. The fourth-order valence-electron chi connectivity index (χ4n) is 5.45. The number of nitrogens with one attached hydrogen (secondary N) is 4. The highest BCUT2D eigenvalue weighted by Gasteiger charge is 2.41. The molecule has 1 aliphatic heterocycles. The van der Waals surface area contributed by atoms with Gasteiger partial charge in [-0.2, -0.15) is 0 Å². The van der Waals surface area contributed by atoms with E-state index < -0.39 is 17.4 Å². The summed E-state index contributed by atoms with van der Waals surface area (Å²) in [7, 11) is 0. The van der Waals surface area contributed by atoms with Gasteiger partial charge in [0.2, 0.25) is 11.8 Å². The molecule has 0 spiro atoms. The van der Waals surface area contributed by atoms with Gasteiger partial charge in [-0.25, -0.2) is 4.39 Å². The first-order chi connectivity index (χ1) is 23.1. The average Bonchev–Trinajstić information content (AvgIpc) is 3.44. The number of hydrogen-bond donors (Lipinski definition) is 4. The van der Waals surface area contributed by atoms with Crippen LogP contribution < -0.4 is 26.0 Å². The number of hydrogen-bond acceptors (Lipinski definition) is 7. The maximum Gasteiger partial charge on any atom is 0.271 e. The molecule has 0 saturated carbocycles. The van der Waals surface area contributed by atoms with E-state index in [4.69, 9.17) is 39.5 Å². The molecule has 4 N–H and O–H groups in total. The Morgan fingerprint density at radius 1 is 0.958 bits per heavy atom. The number of halogens is 4. The average molecular weight is 732 g/mol. The van der Waals surface area contributed by atoms with Gasteiger partial charge >= 0.3 is 0 Å². The Balaban J connectivity index is 1.52. The minimum atomic E-state index is -1.05. The monoisotopic (exact) mass is 730 g/mol. The van der Waals surface area contributed by atoms with Crippen LogP contribution >= 0.6 is 46.1 Å². The number of thiophene rings is 1. The summed E-state index contributed by atoms with van der Waals surface area (Å²) in [5, 5.41) is 13.4. The van der Waals surface area contributed by atoms with Gasteiger partial charge in [0.15, 0.2) is 5.75 Å². The summed E-state index contributed by atoms with van der Waals surface area (Å²) in [5.74, 6) is -1.34. The van der Waals surface area contributed by atoms with Crippen LogP contribution in [-0.4, -0.2) is 49.5 Å². The molecule has 1 aromatic heterocycles. The first-order valence-corrected chi connectivity index (χ1v) is 17.3. The number of piperidine rings is 1. The topological polar surface area (TPSA) is 109 Å². The zero-order valence-corrected chi connectivity index (χ0v) is 29.1. The molecule has 4 aromatic rings. The molecule has 1 aliphatic rings. The number of imide groups is 1. The van der Waals surface area contributed by atoms with E-state index in [1.807, 2.05) is 12.1 Å². The fourth-order valence-corrected chi connectivity index (χ4v) is 7.33. The Hall–Kier alpha value is -3.51. The third-order valence-electron chi connectivity index (χ3n) is 7.98. The molecule has 0 unspecified atom stereocenters. The van der Waals surface area contributed by atoms with Crippen LogP contribution in [0, 0.1) is 5.82 Å². The fraction of sp³-hybridized carbons (Fsp3) is 0.286. The van der Waals surface area contributed by atoms with Crippen LogP contribution in [0.3, 0.4) is 0 Å². The molecule has 3 amide bonds. The van der Waals surface area contributed by atoms with E-state index in [0.717, 1.165) is 22.5 Å². The molecule has 0 aliphatic carbocycles. The smallest absolute Gasteiger partial charge is 0.271 e. The van der Waals surface area contributed by atoms with E-state index in [9.17, 15) is 18.8 Å². The van der Waals surface area contributed by atoms with Crippen molar-refractivity contribution in [2.45, 2.75) is 38.3 Å². The molecule has 5 rings (SSSR count). The molecular weight excluding hydrogens is 698 g/mol. The highest BCUT2D eigenvalue weighted by atomic mass is 35.5. The zero-order chi connectivity index (χ0) is 34.3. The van der Waals surface area contributed by atoms with Crippen molar-refractivity contribution in [3.8, 4) is 27.3 Å². The number of benzene rings is 3. The summed E-state index contributed by atoms with van der Waals surface area (Å²) in [6.45, 7) is 3.43. The van der Waals surface area contributed by atoms with Crippen molar-refractivity contribution in [1.29, 1.82) is 0 Å². The lowest BCUT2D eigenvalue weighted by atomic mass is 9.86. The molecule has 1 saturated heterocycles. The second kappa shape index (κ2) is 16.3. The number of ether oxygens (including phenoxy) is 1. The van der Waals surface area contributed by atoms with E-state index in [-0.39, 0.29) is 29.0 Å². The van der Waals surface area contributed by atoms with Crippen LogP contribution in [0.1, 0.15) is 41.4 Å². The summed E-state index contributed by atoms with van der Waals surface area (Å²) < 4.78 is 19.8. The number of rotatable bonds is 12. The van der Waals surface area contributed by atoms with Gasteiger partial charge in [0.1, 0.15) is 16.2 Å². The van der Waals surface area contributed by atoms with Crippen molar-refractivity contribution >= 4 is 63.9 Å². The summed E-state index contributed by atoms with van der Waals surface area (Å²) in [6.07, 6.45) is 1.34. The Morgan fingerprint density at radius 3 is 2.31 bits per heavy atom. The first kappa shape index (κ1) is 35.8. The zero-order valence-electron chi connectivity index (χ0n) is 26.1. The Morgan fingerprint density at radius 2 is 1.65 bits per heavy atom. The van der Waals surface area contributed by atoms with E-state index in [0.29, 0.717) is 76.5 Å². The van der Waals surface area contributed by atoms with Crippen molar-refractivity contribution in [1.82, 2.24) is 21.3 Å². The van der Waals surface area contributed by atoms with Crippen LogP contribution in [0.5, 0.6) is 5.75 Å². The van der Waals surface area contributed by atoms with Gasteiger partial charge in [0.05, 0.1) is 11.6 Å². The van der Waals surface area contributed by atoms with Crippen molar-refractivity contribution in [3.63, 3.8) is 0 Å². The van der Waals surface area contributed by atoms with Crippen molar-refractivity contribution in [2.75, 3.05) is 26.2 Å².